The van der Waals surface area contributed by atoms with Crippen molar-refractivity contribution in [2.45, 2.75) is 26.2 Å². The van der Waals surface area contributed by atoms with Gasteiger partial charge in [0, 0.05) is 19.9 Å². The number of carbonyl (C=O) groups excluding carboxylic acids is 1. The number of methoxy groups -OCH3 is 1. The Labute approximate surface area is 147 Å². The summed E-state index contributed by atoms with van der Waals surface area (Å²) in [5, 5.41) is 2.97. The lowest BCUT2D eigenvalue weighted by Gasteiger charge is -2.06. The molecule has 0 fully saturated rings. The van der Waals surface area contributed by atoms with Crippen molar-refractivity contribution < 1.29 is 13.9 Å². The highest BCUT2D eigenvalue weighted by molar-refractivity contribution is 5.76. The number of rotatable bonds is 7. The summed E-state index contributed by atoms with van der Waals surface area (Å²) in [5.41, 5.74) is 3.92. The Kier molecular flexibility index (Phi) is 5.33. The first kappa shape index (κ1) is 17.0. The van der Waals surface area contributed by atoms with Gasteiger partial charge in [0.25, 0.3) is 0 Å². The number of oxazole rings is 1. The number of aromatic nitrogens is 1. The summed E-state index contributed by atoms with van der Waals surface area (Å²) in [6, 6.07) is 13.7. The van der Waals surface area contributed by atoms with Gasteiger partial charge in [-0.1, -0.05) is 18.2 Å². The van der Waals surface area contributed by atoms with E-state index in [4.69, 9.17) is 9.15 Å². The molecule has 0 unspecified atom stereocenters. The summed E-state index contributed by atoms with van der Waals surface area (Å²) in [6.45, 7) is 2.45. The Morgan fingerprint density at radius 1 is 1.12 bits per heavy atom. The minimum atomic E-state index is 0.0641. The minimum Gasteiger partial charge on any atom is -0.497 e. The van der Waals surface area contributed by atoms with Crippen molar-refractivity contribution in [2.75, 3.05) is 13.7 Å². The van der Waals surface area contributed by atoms with E-state index in [-0.39, 0.29) is 5.91 Å². The smallest absolute Gasteiger partial charge is 0.220 e. The van der Waals surface area contributed by atoms with Crippen LogP contribution in [0.3, 0.4) is 0 Å². The van der Waals surface area contributed by atoms with Gasteiger partial charge in [-0.2, -0.15) is 0 Å². The Balaban J connectivity index is 1.43. The van der Waals surface area contributed by atoms with Gasteiger partial charge in [-0.05, 0) is 48.2 Å². The minimum absolute atomic E-state index is 0.0641. The lowest BCUT2D eigenvalue weighted by Crippen LogP contribution is -2.25. The van der Waals surface area contributed by atoms with Crippen LogP contribution in [-0.4, -0.2) is 24.5 Å². The molecular formula is C20H22N2O3. The van der Waals surface area contributed by atoms with Gasteiger partial charge < -0.3 is 14.5 Å². The molecule has 1 aromatic heterocycles. The van der Waals surface area contributed by atoms with E-state index in [1.54, 1.807) is 7.11 Å². The zero-order valence-electron chi connectivity index (χ0n) is 14.5. The fraction of sp³-hybridized carbons (Fsp3) is 0.300. The van der Waals surface area contributed by atoms with E-state index in [0.29, 0.717) is 18.9 Å². The predicted octanol–water partition coefficient (Wildman–Crippen LogP) is 3.44. The number of aryl methyl sites for hydroxylation is 2. The van der Waals surface area contributed by atoms with Crippen molar-refractivity contribution in [3.05, 3.63) is 59.5 Å². The fourth-order valence-electron chi connectivity index (χ4n) is 2.73. The maximum Gasteiger partial charge on any atom is 0.220 e. The topological polar surface area (TPSA) is 64.4 Å². The molecule has 3 rings (SSSR count). The third kappa shape index (κ3) is 4.59. The molecule has 0 spiro atoms. The van der Waals surface area contributed by atoms with Gasteiger partial charge in [0.2, 0.25) is 5.91 Å². The second kappa shape index (κ2) is 7.83. The van der Waals surface area contributed by atoms with Crippen molar-refractivity contribution in [1.29, 1.82) is 0 Å². The maximum absolute atomic E-state index is 12.0. The van der Waals surface area contributed by atoms with Crippen molar-refractivity contribution in [3.63, 3.8) is 0 Å². The average Bonchev–Trinajstić information content (AvgIpc) is 2.99. The summed E-state index contributed by atoms with van der Waals surface area (Å²) < 4.78 is 10.6. The normalized spacial score (nSPS) is 10.8. The molecule has 0 aliphatic heterocycles. The summed E-state index contributed by atoms with van der Waals surface area (Å²) >= 11 is 0. The zero-order valence-corrected chi connectivity index (χ0v) is 14.5. The average molecular weight is 338 g/mol. The molecule has 0 saturated heterocycles. The van der Waals surface area contributed by atoms with Crippen LogP contribution in [0.25, 0.3) is 11.1 Å². The first-order valence-corrected chi connectivity index (χ1v) is 8.40. The number of carbonyl (C=O) groups is 1. The molecule has 0 saturated carbocycles. The SMILES string of the molecule is COc1ccc(CCC(=O)NCCc2ccc3oc(C)nc3c2)cc1. The molecule has 25 heavy (non-hydrogen) atoms. The molecule has 1 heterocycles. The number of ether oxygens (including phenoxy) is 1. The molecule has 5 heteroatoms. The molecule has 0 bridgehead atoms. The molecule has 5 nitrogen and oxygen atoms in total. The largest absolute Gasteiger partial charge is 0.497 e. The lowest BCUT2D eigenvalue weighted by molar-refractivity contribution is -0.121. The first-order chi connectivity index (χ1) is 12.1. The summed E-state index contributed by atoms with van der Waals surface area (Å²) in [7, 11) is 1.64. The Morgan fingerprint density at radius 2 is 1.88 bits per heavy atom. The predicted molar refractivity (Wildman–Crippen MR) is 96.8 cm³/mol. The number of nitrogens with zero attached hydrogens (tertiary/aromatic N) is 1. The number of fused-ring (bicyclic) bond motifs is 1. The lowest BCUT2D eigenvalue weighted by atomic mass is 10.1. The molecule has 0 aliphatic carbocycles. The van der Waals surface area contributed by atoms with Crippen molar-refractivity contribution in [2.24, 2.45) is 0 Å². The first-order valence-electron chi connectivity index (χ1n) is 8.40. The van der Waals surface area contributed by atoms with E-state index in [1.165, 1.54) is 0 Å². The van der Waals surface area contributed by atoms with Crippen LogP contribution >= 0.6 is 0 Å². The number of benzene rings is 2. The van der Waals surface area contributed by atoms with Gasteiger partial charge in [-0.15, -0.1) is 0 Å². The van der Waals surface area contributed by atoms with Crippen LogP contribution in [0.4, 0.5) is 0 Å². The summed E-state index contributed by atoms with van der Waals surface area (Å²) in [5.74, 6) is 1.56. The zero-order chi connectivity index (χ0) is 17.6. The van der Waals surface area contributed by atoms with Gasteiger partial charge in [-0.3, -0.25) is 4.79 Å². The highest BCUT2D eigenvalue weighted by Crippen LogP contribution is 2.17. The molecule has 1 N–H and O–H groups in total. The van der Waals surface area contributed by atoms with E-state index in [2.05, 4.69) is 10.3 Å². The third-order valence-electron chi connectivity index (χ3n) is 4.09. The number of nitrogens with one attached hydrogen (secondary N) is 1. The Morgan fingerprint density at radius 3 is 2.64 bits per heavy atom. The molecule has 2 aromatic carbocycles. The van der Waals surface area contributed by atoms with Crippen LogP contribution in [0.1, 0.15) is 23.4 Å². The highest BCUT2D eigenvalue weighted by Gasteiger charge is 2.05. The van der Waals surface area contributed by atoms with Crippen LogP contribution in [0.5, 0.6) is 5.75 Å². The number of hydrogen-bond acceptors (Lipinski definition) is 4. The molecular weight excluding hydrogens is 316 g/mol. The van der Waals surface area contributed by atoms with Gasteiger partial charge in [-0.25, -0.2) is 4.98 Å². The highest BCUT2D eigenvalue weighted by atomic mass is 16.5. The second-order valence-corrected chi connectivity index (χ2v) is 5.98. The van der Waals surface area contributed by atoms with Gasteiger partial charge >= 0.3 is 0 Å². The van der Waals surface area contributed by atoms with Crippen molar-refractivity contribution in [1.82, 2.24) is 10.3 Å². The summed E-state index contributed by atoms with van der Waals surface area (Å²) in [6.07, 6.45) is 1.98. The van der Waals surface area contributed by atoms with E-state index >= 15 is 0 Å². The quantitative estimate of drug-likeness (QED) is 0.717. The number of hydrogen-bond donors (Lipinski definition) is 1. The van der Waals surface area contributed by atoms with Crippen LogP contribution in [0, 0.1) is 6.92 Å². The number of amides is 1. The molecule has 3 aromatic rings. The summed E-state index contributed by atoms with van der Waals surface area (Å²) in [4.78, 5) is 16.3. The van der Waals surface area contributed by atoms with Crippen LogP contribution in [0.2, 0.25) is 0 Å². The third-order valence-corrected chi connectivity index (χ3v) is 4.09. The van der Waals surface area contributed by atoms with E-state index < -0.39 is 0 Å². The molecule has 1 amide bonds. The van der Waals surface area contributed by atoms with Gasteiger partial charge in [0.05, 0.1) is 7.11 Å². The van der Waals surface area contributed by atoms with E-state index in [0.717, 1.165) is 40.8 Å². The van der Waals surface area contributed by atoms with Crippen LogP contribution < -0.4 is 10.1 Å². The second-order valence-electron chi connectivity index (χ2n) is 5.98. The standard InChI is InChI=1S/C20H22N2O3/c1-14-22-18-13-16(5-9-19(18)25-14)11-12-21-20(23)10-6-15-3-7-17(24-2)8-4-15/h3-5,7-9,13H,6,10-12H2,1-2H3,(H,21,23). The van der Waals surface area contributed by atoms with Crippen molar-refractivity contribution >= 4 is 17.0 Å². The fourth-order valence-corrected chi connectivity index (χ4v) is 2.73. The Bertz CT molecular complexity index is 853. The monoisotopic (exact) mass is 338 g/mol. The van der Waals surface area contributed by atoms with Gasteiger partial charge in [0.15, 0.2) is 11.5 Å². The van der Waals surface area contributed by atoms with Crippen LogP contribution in [-0.2, 0) is 17.6 Å². The maximum atomic E-state index is 12.0. The molecule has 0 aliphatic rings. The molecule has 0 atom stereocenters. The van der Waals surface area contributed by atoms with Crippen molar-refractivity contribution in [3.8, 4) is 5.75 Å². The van der Waals surface area contributed by atoms with E-state index in [1.807, 2.05) is 49.4 Å². The van der Waals surface area contributed by atoms with Crippen LogP contribution in [0.15, 0.2) is 46.9 Å². The van der Waals surface area contributed by atoms with Gasteiger partial charge in [0.1, 0.15) is 11.3 Å². The Hall–Kier alpha value is -2.82. The van der Waals surface area contributed by atoms with E-state index in [9.17, 15) is 4.79 Å². The molecule has 130 valence electrons. The molecule has 0 radical (unpaired) electrons.